The fourth-order valence-corrected chi connectivity index (χ4v) is 1.89. The third-order valence-electron chi connectivity index (χ3n) is 2.99. The summed E-state index contributed by atoms with van der Waals surface area (Å²) in [5.74, 6) is -0.932. The summed E-state index contributed by atoms with van der Waals surface area (Å²) in [6, 6.07) is 0. The second-order valence-electron chi connectivity index (χ2n) is 4.89. The molecule has 0 aliphatic heterocycles. The molecular weight excluding hydrogens is 267 g/mol. The van der Waals surface area contributed by atoms with E-state index in [1.165, 1.54) is 51.4 Å². The third-order valence-corrected chi connectivity index (χ3v) is 2.99. The standard InChI is InChI=1S/C15H30O4.Na.H/c1-2-3-4-5-6-7-8-9-10-11-18-12-13-19-14-15(16)17;;/h2-14H2,1H3,(H,16,17);;/q;+1;-1. The quantitative estimate of drug-likeness (QED) is 0.358. The van der Waals surface area contributed by atoms with E-state index in [4.69, 9.17) is 14.6 Å². The smallest absolute Gasteiger partial charge is 1.00 e. The van der Waals surface area contributed by atoms with E-state index in [9.17, 15) is 4.79 Å². The van der Waals surface area contributed by atoms with Gasteiger partial charge in [-0.1, -0.05) is 58.3 Å². The molecule has 0 spiro atoms. The maximum Gasteiger partial charge on any atom is 1.00 e. The monoisotopic (exact) mass is 298 g/mol. The van der Waals surface area contributed by atoms with Crippen molar-refractivity contribution in [3.05, 3.63) is 0 Å². The van der Waals surface area contributed by atoms with Gasteiger partial charge in [0.2, 0.25) is 0 Å². The Morgan fingerprint density at radius 3 is 1.90 bits per heavy atom. The Balaban J connectivity index is -0.00000162. The molecule has 0 aromatic carbocycles. The molecule has 20 heavy (non-hydrogen) atoms. The van der Waals surface area contributed by atoms with Crippen LogP contribution in [0.2, 0.25) is 0 Å². The normalized spacial score (nSPS) is 10.2. The van der Waals surface area contributed by atoms with Crippen LogP contribution < -0.4 is 29.6 Å². The number of carbonyl (C=O) groups is 1. The molecule has 5 heteroatoms. The van der Waals surface area contributed by atoms with Gasteiger partial charge in [0.25, 0.3) is 0 Å². The summed E-state index contributed by atoms with van der Waals surface area (Å²) in [5.41, 5.74) is 0. The molecule has 0 aromatic heterocycles. The first kappa shape index (κ1) is 22.7. The van der Waals surface area contributed by atoms with Gasteiger partial charge in [-0.2, -0.15) is 0 Å². The summed E-state index contributed by atoms with van der Waals surface area (Å²) in [5, 5.41) is 8.34. The number of unbranched alkanes of at least 4 members (excludes halogenated alkanes) is 8. The van der Waals surface area contributed by atoms with Gasteiger partial charge in [0.15, 0.2) is 0 Å². The summed E-state index contributed by atoms with van der Waals surface area (Å²) in [7, 11) is 0. The number of aliphatic carboxylic acids is 1. The van der Waals surface area contributed by atoms with Crippen LogP contribution >= 0.6 is 0 Å². The molecule has 0 bridgehead atoms. The number of rotatable bonds is 15. The van der Waals surface area contributed by atoms with Crippen molar-refractivity contribution >= 4 is 5.97 Å². The number of hydrogen-bond donors (Lipinski definition) is 1. The van der Waals surface area contributed by atoms with E-state index in [0.717, 1.165) is 13.0 Å². The van der Waals surface area contributed by atoms with Crippen molar-refractivity contribution in [2.75, 3.05) is 26.4 Å². The molecule has 0 saturated heterocycles. The van der Waals surface area contributed by atoms with Crippen LogP contribution in [0.3, 0.4) is 0 Å². The molecule has 0 fully saturated rings. The van der Waals surface area contributed by atoms with Gasteiger partial charge in [0.05, 0.1) is 13.2 Å². The minimum atomic E-state index is -0.932. The molecule has 0 atom stereocenters. The summed E-state index contributed by atoms with van der Waals surface area (Å²) in [6.45, 7) is 3.62. The maximum absolute atomic E-state index is 10.2. The Bertz CT molecular complexity index is 206. The average molecular weight is 298 g/mol. The number of ether oxygens (including phenoxy) is 2. The second kappa shape index (κ2) is 19.4. The van der Waals surface area contributed by atoms with Crippen molar-refractivity contribution in [2.24, 2.45) is 0 Å². The third kappa shape index (κ3) is 20.7. The van der Waals surface area contributed by atoms with Gasteiger partial charge < -0.3 is 16.0 Å². The molecule has 4 nitrogen and oxygen atoms in total. The predicted molar refractivity (Wildman–Crippen MR) is 77.6 cm³/mol. The molecule has 0 aliphatic rings. The van der Waals surface area contributed by atoms with E-state index in [0.29, 0.717) is 13.2 Å². The average Bonchev–Trinajstić information content (AvgIpc) is 2.39. The van der Waals surface area contributed by atoms with Gasteiger partial charge in [0, 0.05) is 6.61 Å². The summed E-state index contributed by atoms with van der Waals surface area (Å²) >= 11 is 0. The maximum atomic E-state index is 10.2. The molecule has 0 saturated carbocycles. The van der Waals surface area contributed by atoms with Crippen LogP contribution in [-0.4, -0.2) is 37.5 Å². The van der Waals surface area contributed by atoms with Crippen molar-refractivity contribution < 1.29 is 50.4 Å². The van der Waals surface area contributed by atoms with Gasteiger partial charge in [-0.25, -0.2) is 4.79 Å². The van der Waals surface area contributed by atoms with Crippen molar-refractivity contribution in [3.63, 3.8) is 0 Å². The Hall–Kier alpha value is 0.390. The predicted octanol–water partition coefficient (Wildman–Crippen LogP) is 0.752. The minimum Gasteiger partial charge on any atom is -1.00 e. The van der Waals surface area contributed by atoms with Crippen molar-refractivity contribution in [1.29, 1.82) is 0 Å². The van der Waals surface area contributed by atoms with E-state index in [1.54, 1.807) is 0 Å². The van der Waals surface area contributed by atoms with Crippen LogP contribution in [-0.2, 0) is 14.3 Å². The van der Waals surface area contributed by atoms with E-state index in [1.807, 2.05) is 0 Å². The molecule has 0 unspecified atom stereocenters. The van der Waals surface area contributed by atoms with Crippen molar-refractivity contribution in [2.45, 2.75) is 64.7 Å². The SMILES string of the molecule is CCCCCCCCCCCOCCOCC(=O)O.[H-].[Na+]. The molecule has 0 radical (unpaired) electrons. The molecule has 0 aromatic rings. The molecule has 1 N–H and O–H groups in total. The van der Waals surface area contributed by atoms with Crippen LogP contribution in [0.15, 0.2) is 0 Å². The van der Waals surface area contributed by atoms with E-state index >= 15 is 0 Å². The van der Waals surface area contributed by atoms with E-state index in [2.05, 4.69) is 6.92 Å². The summed E-state index contributed by atoms with van der Waals surface area (Å²) in [4.78, 5) is 10.2. The topological polar surface area (TPSA) is 55.8 Å². The van der Waals surface area contributed by atoms with E-state index < -0.39 is 5.97 Å². The summed E-state index contributed by atoms with van der Waals surface area (Å²) < 4.78 is 10.2. The molecule has 0 rings (SSSR count). The van der Waals surface area contributed by atoms with Crippen LogP contribution in [0, 0.1) is 0 Å². The largest absolute Gasteiger partial charge is 1.00 e. The van der Waals surface area contributed by atoms with Crippen LogP contribution in [0.4, 0.5) is 0 Å². The molecule has 0 aliphatic carbocycles. The Labute approximate surface area is 147 Å². The van der Waals surface area contributed by atoms with Gasteiger partial charge in [-0.15, -0.1) is 0 Å². The van der Waals surface area contributed by atoms with Gasteiger partial charge in [0.1, 0.15) is 6.61 Å². The Morgan fingerprint density at radius 2 is 1.35 bits per heavy atom. The van der Waals surface area contributed by atoms with Gasteiger partial charge >= 0.3 is 35.5 Å². The van der Waals surface area contributed by atoms with Gasteiger partial charge in [-0.3, -0.25) is 0 Å². The van der Waals surface area contributed by atoms with E-state index in [-0.39, 0.29) is 37.6 Å². The minimum absolute atomic E-state index is 0. The number of carboxylic acid groups (broad SMARTS) is 1. The first-order valence-electron chi connectivity index (χ1n) is 7.64. The van der Waals surface area contributed by atoms with Crippen LogP contribution in [0.25, 0.3) is 0 Å². The molecule has 116 valence electrons. The van der Waals surface area contributed by atoms with Crippen LogP contribution in [0.5, 0.6) is 0 Å². The number of carboxylic acids is 1. The zero-order valence-electron chi connectivity index (χ0n) is 14.4. The molecule has 0 amide bonds. The fraction of sp³-hybridized carbons (Fsp3) is 0.933. The fourth-order valence-electron chi connectivity index (χ4n) is 1.89. The second-order valence-corrected chi connectivity index (χ2v) is 4.89. The van der Waals surface area contributed by atoms with Crippen molar-refractivity contribution in [3.8, 4) is 0 Å². The Morgan fingerprint density at radius 1 is 0.850 bits per heavy atom. The Kier molecular flexibility index (Phi) is 22.0. The summed E-state index contributed by atoms with van der Waals surface area (Å²) in [6.07, 6.45) is 11.8. The first-order chi connectivity index (χ1) is 9.27. The van der Waals surface area contributed by atoms with Crippen molar-refractivity contribution in [1.82, 2.24) is 0 Å². The zero-order chi connectivity index (χ0) is 14.2. The van der Waals surface area contributed by atoms with Gasteiger partial charge in [-0.05, 0) is 6.42 Å². The first-order valence-corrected chi connectivity index (χ1v) is 7.64. The molecule has 0 heterocycles. The molecular formula is C15H31NaO4. The number of hydrogen-bond acceptors (Lipinski definition) is 3. The zero-order valence-corrected chi connectivity index (χ0v) is 15.4. The van der Waals surface area contributed by atoms with Crippen LogP contribution in [0.1, 0.15) is 66.1 Å².